The molecule has 1 N–H and O–H groups in total. The summed E-state index contributed by atoms with van der Waals surface area (Å²) in [6.45, 7) is 0.873. The Bertz CT molecular complexity index is 705. The summed E-state index contributed by atoms with van der Waals surface area (Å²) >= 11 is 5.73. The molecule has 2 aromatic rings. The average molecular weight is 319 g/mol. The predicted octanol–water partition coefficient (Wildman–Crippen LogP) is 3.87. The van der Waals surface area contributed by atoms with Crippen molar-refractivity contribution in [1.29, 1.82) is 0 Å². The Labute approximate surface area is 133 Å². The van der Waals surface area contributed by atoms with Gasteiger partial charge in [0.25, 0.3) is 0 Å². The smallest absolute Gasteiger partial charge is 0.246 e. The number of anilines is 2. The standard InChI is InChI=1S/C17H16ClFN2O/c18-14-10-13(7-8-15(14)19)20-11-17(22)21-9-3-5-12-4-1-2-6-16(12)21/h1-2,4,6-8,10,20H,3,5,9,11H2. The number of aryl methyl sites for hydroxylation is 1. The first kappa shape index (κ1) is 14.9. The molecule has 0 aromatic heterocycles. The van der Waals surface area contributed by atoms with Crippen LogP contribution in [-0.2, 0) is 11.2 Å². The fraction of sp³-hybridized carbons (Fsp3) is 0.235. The Kier molecular flexibility index (Phi) is 4.29. The van der Waals surface area contributed by atoms with Gasteiger partial charge in [-0.05, 0) is 42.7 Å². The summed E-state index contributed by atoms with van der Waals surface area (Å²) in [6, 6.07) is 12.3. The molecule has 1 aliphatic heterocycles. The number of rotatable bonds is 3. The van der Waals surface area contributed by atoms with Crippen LogP contribution >= 0.6 is 11.6 Å². The lowest BCUT2D eigenvalue weighted by atomic mass is 10.0. The second kappa shape index (κ2) is 6.36. The molecule has 1 amide bonds. The maximum absolute atomic E-state index is 13.1. The summed E-state index contributed by atoms with van der Waals surface area (Å²) in [5, 5.41) is 3.04. The molecule has 0 saturated heterocycles. The summed E-state index contributed by atoms with van der Waals surface area (Å²) < 4.78 is 13.1. The highest BCUT2D eigenvalue weighted by atomic mass is 35.5. The van der Waals surface area contributed by atoms with Gasteiger partial charge in [-0.25, -0.2) is 4.39 Å². The minimum absolute atomic E-state index is 0.00685. The van der Waals surface area contributed by atoms with Gasteiger partial charge in [0.05, 0.1) is 11.6 Å². The average Bonchev–Trinajstić information content (AvgIpc) is 2.55. The number of amides is 1. The van der Waals surface area contributed by atoms with Gasteiger partial charge in [-0.15, -0.1) is 0 Å². The lowest BCUT2D eigenvalue weighted by Crippen LogP contribution is -2.39. The van der Waals surface area contributed by atoms with Gasteiger partial charge in [0.15, 0.2) is 0 Å². The molecule has 1 aliphatic rings. The molecule has 5 heteroatoms. The number of hydrogen-bond acceptors (Lipinski definition) is 2. The Morgan fingerprint density at radius 2 is 2.09 bits per heavy atom. The van der Waals surface area contributed by atoms with Crippen molar-refractivity contribution in [2.45, 2.75) is 12.8 Å². The molecule has 0 saturated carbocycles. The second-order valence-electron chi connectivity index (χ2n) is 5.26. The van der Waals surface area contributed by atoms with Crippen LogP contribution in [0, 0.1) is 5.82 Å². The molecule has 3 nitrogen and oxygen atoms in total. The van der Waals surface area contributed by atoms with Gasteiger partial charge >= 0.3 is 0 Å². The van der Waals surface area contributed by atoms with E-state index in [2.05, 4.69) is 11.4 Å². The summed E-state index contributed by atoms with van der Waals surface area (Å²) in [5.74, 6) is -0.476. The molecule has 22 heavy (non-hydrogen) atoms. The Morgan fingerprint density at radius 1 is 1.27 bits per heavy atom. The lowest BCUT2D eigenvalue weighted by Gasteiger charge is -2.29. The van der Waals surface area contributed by atoms with E-state index in [0.29, 0.717) is 5.69 Å². The van der Waals surface area contributed by atoms with Crippen LogP contribution in [0.25, 0.3) is 0 Å². The second-order valence-corrected chi connectivity index (χ2v) is 5.67. The quantitative estimate of drug-likeness (QED) is 0.931. The molecule has 114 valence electrons. The van der Waals surface area contributed by atoms with Crippen molar-refractivity contribution >= 4 is 28.9 Å². The number of carbonyl (C=O) groups excluding carboxylic acids is 1. The normalized spacial score (nSPS) is 13.6. The maximum Gasteiger partial charge on any atom is 0.246 e. The van der Waals surface area contributed by atoms with Crippen LogP contribution in [-0.4, -0.2) is 19.0 Å². The Morgan fingerprint density at radius 3 is 2.91 bits per heavy atom. The topological polar surface area (TPSA) is 32.3 Å². The van der Waals surface area contributed by atoms with Crippen molar-refractivity contribution in [3.63, 3.8) is 0 Å². The van der Waals surface area contributed by atoms with E-state index in [0.717, 1.165) is 25.1 Å². The van der Waals surface area contributed by atoms with Gasteiger partial charge in [0, 0.05) is 17.9 Å². The van der Waals surface area contributed by atoms with Gasteiger partial charge in [-0.1, -0.05) is 29.8 Å². The van der Waals surface area contributed by atoms with Gasteiger partial charge in [0.2, 0.25) is 5.91 Å². The number of fused-ring (bicyclic) bond motifs is 1. The number of hydrogen-bond donors (Lipinski definition) is 1. The van der Waals surface area contributed by atoms with Gasteiger partial charge < -0.3 is 10.2 Å². The zero-order chi connectivity index (χ0) is 15.5. The third-order valence-corrected chi connectivity index (χ3v) is 4.06. The molecule has 0 fully saturated rings. The van der Waals surface area contributed by atoms with E-state index in [9.17, 15) is 9.18 Å². The van der Waals surface area contributed by atoms with E-state index >= 15 is 0 Å². The lowest BCUT2D eigenvalue weighted by molar-refractivity contribution is -0.117. The number of nitrogens with one attached hydrogen (secondary N) is 1. The number of halogens is 2. The van der Waals surface area contributed by atoms with Crippen molar-refractivity contribution in [3.8, 4) is 0 Å². The largest absolute Gasteiger partial charge is 0.376 e. The molecule has 0 unspecified atom stereocenters. The molecule has 0 spiro atoms. The van der Waals surface area contributed by atoms with Crippen LogP contribution in [0.2, 0.25) is 5.02 Å². The van der Waals surface area contributed by atoms with E-state index in [1.165, 1.54) is 17.7 Å². The molecule has 0 bridgehead atoms. The fourth-order valence-corrected chi connectivity index (χ4v) is 2.85. The van der Waals surface area contributed by atoms with Crippen LogP contribution in [0.3, 0.4) is 0 Å². The Balaban J connectivity index is 1.69. The maximum atomic E-state index is 13.1. The van der Waals surface area contributed by atoms with Crippen molar-refractivity contribution in [2.24, 2.45) is 0 Å². The monoisotopic (exact) mass is 318 g/mol. The molecule has 1 heterocycles. The highest BCUT2D eigenvalue weighted by molar-refractivity contribution is 6.31. The van der Waals surface area contributed by atoms with Crippen LogP contribution in [0.4, 0.5) is 15.8 Å². The number of carbonyl (C=O) groups is 1. The first-order valence-electron chi connectivity index (χ1n) is 7.22. The minimum Gasteiger partial charge on any atom is -0.376 e. The number of para-hydroxylation sites is 1. The zero-order valence-electron chi connectivity index (χ0n) is 12.0. The van der Waals surface area contributed by atoms with Crippen molar-refractivity contribution in [1.82, 2.24) is 0 Å². The van der Waals surface area contributed by atoms with E-state index in [1.807, 2.05) is 18.2 Å². The van der Waals surface area contributed by atoms with Gasteiger partial charge in [-0.2, -0.15) is 0 Å². The first-order valence-corrected chi connectivity index (χ1v) is 7.60. The third-order valence-electron chi connectivity index (χ3n) is 3.77. The molecule has 0 atom stereocenters. The highest BCUT2D eigenvalue weighted by Gasteiger charge is 2.21. The number of benzene rings is 2. The van der Waals surface area contributed by atoms with Crippen molar-refractivity contribution in [2.75, 3.05) is 23.3 Å². The molecular weight excluding hydrogens is 303 g/mol. The number of nitrogens with zero attached hydrogens (tertiary/aromatic N) is 1. The first-order chi connectivity index (χ1) is 10.6. The fourth-order valence-electron chi connectivity index (χ4n) is 2.67. The van der Waals surface area contributed by atoms with E-state index < -0.39 is 5.82 Å². The predicted molar refractivity (Wildman–Crippen MR) is 87.0 cm³/mol. The minimum atomic E-state index is -0.469. The van der Waals surface area contributed by atoms with Crippen LogP contribution in [0.1, 0.15) is 12.0 Å². The van der Waals surface area contributed by atoms with E-state index in [4.69, 9.17) is 11.6 Å². The van der Waals surface area contributed by atoms with Crippen LogP contribution in [0.5, 0.6) is 0 Å². The van der Waals surface area contributed by atoms with Gasteiger partial charge in [-0.3, -0.25) is 4.79 Å². The van der Waals surface area contributed by atoms with Crippen molar-refractivity contribution < 1.29 is 9.18 Å². The van der Waals surface area contributed by atoms with Crippen LogP contribution in [0.15, 0.2) is 42.5 Å². The molecular formula is C17H16ClFN2O. The van der Waals surface area contributed by atoms with E-state index in [1.54, 1.807) is 11.0 Å². The SMILES string of the molecule is O=C(CNc1ccc(F)c(Cl)c1)N1CCCc2ccccc21. The molecule has 0 radical (unpaired) electrons. The Hall–Kier alpha value is -2.07. The zero-order valence-corrected chi connectivity index (χ0v) is 12.7. The van der Waals surface area contributed by atoms with Gasteiger partial charge in [0.1, 0.15) is 5.82 Å². The molecule has 0 aliphatic carbocycles. The van der Waals surface area contributed by atoms with E-state index in [-0.39, 0.29) is 17.5 Å². The molecule has 2 aromatic carbocycles. The summed E-state index contributed by atoms with van der Waals surface area (Å²) in [7, 11) is 0. The molecule has 3 rings (SSSR count). The summed E-state index contributed by atoms with van der Waals surface area (Å²) in [5.41, 5.74) is 2.81. The highest BCUT2D eigenvalue weighted by Crippen LogP contribution is 2.27. The summed E-state index contributed by atoms with van der Waals surface area (Å²) in [4.78, 5) is 14.2. The van der Waals surface area contributed by atoms with Crippen LogP contribution < -0.4 is 10.2 Å². The van der Waals surface area contributed by atoms with Crippen molar-refractivity contribution in [3.05, 3.63) is 58.9 Å². The summed E-state index contributed by atoms with van der Waals surface area (Å²) in [6.07, 6.45) is 1.96. The third kappa shape index (κ3) is 3.07.